The molecule has 0 aliphatic heterocycles. The molecule has 0 radical (unpaired) electrons. The summed E-state index contributed by atoms with van der Waals surface area (Å²) in [6, 6.07) is -1.56. The number of carboxylic acid groups (broad SMARTS) is 1. The number of aromatic nitrogens is 1. The van der Waals surface area contributed by atoms with Crippen LogP contribution in [0.2, 0.25) is 0 Å². The molecule has 0 unspecified atom stereocenters. The molecule has 8 heteroatoms. The fourth-order valence-corrected chi connectivity index (χ4v) is 2.33. The monoisotopic (exact) mass is 335 g/mol. The van der Waals surface area contributed by atoms with Crippen LogP contribution in [0.15, 0.2) is 9.98 Å². The summed E-state index contributed by atoms with van der Waals surface area (Å²) in [5, 5.41) is 14.4. The first-order valence-corrected chi connectivity index (χ1v) is 6.73. The van der Waals surface area contributed by atoms with Gasteiger partial charge >= 0.3 is 12.0 Å². The van der Waals surface area contributed by atoms with Gasteiger partial charge in [-0.05, 0) is 21.3 Å². The molecule has 0 saturated carbocycles. The van der Waals surface area contributed by atoms with Crippen LogP contribution in [0.25, 0.3) is 0 Å². The van der Waals surface area contributed by atoms with Gasteiger partial charge in [-0.1, -0.05) is 32.1 Å². The zero-order valence-corrected chi connectivity index (χ0v) is 12.6. The molecular weight excluding hydrogens is 322 g/mol. The van der Waals surface area contributed by atoms with Crippen molar-refractivity contribution in [1.29, 1.82) is 0 Å². The number of anilines is 1. The predicted molar refractivity (Wildman–Crippen MR) is 72.8 cm³/mol. The number of carboxylic acids is 1. The third-order valence-electron chi connectivity index (χ3n) is 2.09. The van der Waals surface area contributed by atoms with E-state index in [0.717, 1.165) is 3.79 Å². The van der Waals surface area contributed by atoms with E-state index >= 15 is 0 Å². The molecule has 0 aromatic carbocycles. The first-order chi connectivity index (χ1) is 8.20. The number of aliphatic carboxylic acids is 1. The number of rotatable bonds is 3. The first kappa shape index (κ1) is 14.9. The molecule has 100 valence electrons. The quantitative estimate of drug-likeness (QED) is 0.791. The van der Waals surface area contributed by atoms with Gasteiger partial charge in [0.15, 0.2) is 5.13 Å². The largest absolute Gasteiger partial charge is 0.480 e. The highest BCUT2D eigenvalue weighted by Gasteiger charge is 2.32. The van der Waals surface area contributed by atoms with E-state index in [1.165, 1.54) is 11.3 Å². The van der Waals surface area contributed by atoms with Gasteiger partial charge in [-0.25, -0.2) is 14.6 Å². The maximum absolute atomic E-state index is 11.6. The highest BCUT2D eigenvalue weighted by atomic mass is 79.9. The summed E-state index contributed by atoms with van der Waals surface area (Å²) < 4.78 is 0.781. The lowest BCUT2D eigenvalue weighted by molar-refractivity contribution is -0.141. The predicted octanol–water partition coefficient (Wildman–Crippen LogP) is 2.53. The molecule has 1 heterocycles. The number of urea groups is 1. The van der Waals surface area contributed by atoms with E-state index in [2.05, 4.69) is 31.5 Å². The Morgan fingerprint density at radius 2 is 2.11 bits per heavy atom. The molecule has 2 amide bonds. The van der Waals surface area contributed by atoms with Crippen molar-refractivity contribution in [2.45, 2.75) is 26.8 Å². The summed E-state index contributed by atoms with van der Waals surface area (Å²) >= 11 is 4.46. The number of carbonyl (C=O) groups is 2. The van der Waals surface area contributed by atoms with Crippen LogP contribution < -0.4 is 10.6 Å². The van der Waals surface area contributed by atoms with Crippen LogP contribution in [0.5, 0.6) is 0 Å². The number of nitrogens with one attached hydrogen (secondary N) is 2. The van der Waals surface area contributed by atoms with Gasteiger partial charge in [-0.15, -0.1) is 0 Å². The second-order valence-corrected chi connectivity index (χ2v) is 7.12. The van der Waals surface area contributed by atoms with Crippen LogP contribution in [-0.2, 0) is 4.79 Å². The zero-order chi connectivity index (χ0) is 13.9. The molecule has 1 aromatic rings. The van der Waals surface area contributed by atoms with Crippen molar-refractivity contribution < 1.29 is 14.7 Å². The van der Waals surface area contributed by atoms with Crippen molar-refractivity contribution in [2.24, 2.45) is 5.41 Å². The van der Waals surface area contributed by atoms with E-state index in [4.69, 9.17) is 5.11 Å². The van der Waals surface area contributed by atoms with E-state index in [-0.39, 0.29) is 0 Å². The fourth-order valence-electron chi connectivity index (χ4n) is 1.23. The van der Waals surface area contributed by atoms with Crippen LogP contribution in [0.1, 0.15) is 20.8 Å². The molecule has 1 rings (SSSR count). The van der Waals surface area contributed by atoms with Gasteiger partial charge < -0.3 is 10.4 Å². The summed E-state index contributed by atoms with van der Waals surface area (Å²) in [4.78, 5) is 26.6. The molecule has 3 N–H and O–H groups in total. The molecule has 1 atom stereocenters. The van der Waals surface area contributed by atoms with Crippen molar-refractivity contribution >= 4 is 44.4 Å². The molecule has 0 aliphatic rings. The molecule has 1 aromatic heterocycles. The second kappa shape index (κ2) is 5.66. The molecule has 0 fully saturated rings. The third-order valence-corrected chi connectivity index (χ3v) is 3.48. The van der Waals surface area contributed by atoms with Crippen LogP contribution in [0.4, 0.5) is 9.93 Å². The Bertz CT molecular complexity index is 455. The average Bonchev–Trinajstić information content (AvgIpc) is 2.58. The van der Waals surface area contributed by atoms with Crippen LogP contribution in [-0.4, -0.2) is 28.1 Å². The van der Waals surface area contributed by atoms with Crippen LogP contribution in [0.3, 0.4) is 0 Å². The van der Waals surface area contributed by atoms with E-state index in [9.17, 15) is 9.59 Å². The number of halogens is 1. The lowest BCUT2D eigenvalue weighted by atomic mass is 9.87. The van der Waals surface area contributed by atoms with Crippen molar-refractivity contribution in [2.75, 3.05) is 5.32 Å². The lowest BCUT2D eigenvalue weighted by Crippen LogP contribution is -2.50. The molecule has 0 aliphatic carbocycles. The minimum atomic E-state index is -1.07. The van der Waals surface area contributed by atoms with Gasteiger partial charge in [0.25, 0.3) is 0 Å². The molecular formula is C10H14BrN3O3S. The molecule has 0 spiro atoms. The Kier molecular flexibility index (Phi) is 4.69. The number of hydrogen-bond acceptors (Lipinski definition) is 4. The standard InChI is InChI=1S/C10H14BrN3O3S/c1-10(2,3)6(7(15)16)13-8(17)14-9-12-4-5(11)18-9/h4,6H,1-3H3,(H,15,16)(H2,12,13,14,17)/t6-/m1/s1. The van der Waals surface area contributed by atoms with Gasteiger partial charge in [0.2, 0.25) is 0 Å². The normalized spacial score (nSPS) is 12.9. The van der Waals surface area contributed by atoms with Crippen molar-refractivity contribution in [1.82, 2.24) is 10.3 Å². The van der Waals surface area contributed by atoms with E-state index < -0.39 is 23.5 Å². The van der Waals surface area contributed by atoms with Gasteiger partial charge in [0.05, 0.1) is 9.98 Å². The van der Waals surface area contributed by atoms with Crippen molar-refractivity contribution in [3.63, 3.8) is 0 Å². The van der Waals surface area contributed by atoms with Crippen molar-refractivity contribution in [3.05, 3.63) is 9.98 Å². The first-order valence-electron chi connectivity index (χ1n) is 5.12. The maximum Gasteiger partial charge on any atom is 0.326 e. The van der Waals surface area contributed by atoms with Gasteiger partial charge in [0, 0.05) is 0 Å². The zero-order valence-electron chi connectivity index (χ0n) is 10.2. The fraction of sp³-hybridized carbons (Fsp3) is 0.500. The second-order valence-electron chi connectivity index (χ2n) is 4.71. The van der Waals surface area contributed by atoms with Gasteiger partial charge in [-0.2, -0.15) is 0 Å². The summed E-state index contributed by atoms with van der Waals surface area (Å²) in [5.41, 5.74) is -0.577. The Morgan fingerprint density at radius 3 is 2.50 bits per heavy atom. The van der Waals surface area contributed by atoms with Gasteiger partial charge in [0.1, 0.15) is 6.04 Å². The topological polar surface area (TPSA) is 91.3 Å². The van der Waals surface area contributed by atoms with E-state index in [1.54, 1.807) is 27.0 Å². The smallest absolute Gasteiger partial charge is 0.326 e. The summed E-state index contributed by atoms with van der Waals surface area (Å²) in [6.45, 7) is 5.23. The number of amides is 2. The summed E-state index contributed by atoms with van der Waals surface area (Å²) in [7, 11) is 0. The van der Waals surface area contributed by atoms with Crippen molar-refractivity contribution in [3.8, 4) is 0 Å². The lowest BCUT2D eigenvalue weighted by Gasteiger charge is -2.27. The number of thiazole rings is 1. The molecule has 6 nitrogen and oxygen atoms in total. The third kappa shape index (κ3) is 4.26. The molecule has 18 heavy (non-hydrogen) atoms. The molecule has 0 bridgehead atoms. The van der Waals surface area contributed by atoms with E-state index in [0.29, 0.717) is 5.13 Å². The SMILES string of the molecule is CC(C)(C)[C@H](NC(=O)Nc1ncc(Br)s1)C(=O)O. The minimum Gasteiger partial charge on any atom is -0.480 e. The average molecular weight is 336 g/mol. The Morgan fingerprint density at radius 1 is 1.50 bits per heavy atom. The Balaban J connectivity index is 2.65. The van der Waals surface area contributed by atoms with E-state index in [1.807, 2.05) is 0 Å². The molecule has 0 saturated heterocycles. The Labute approximate surface area is 117 Å². The Hall–Kier alpha value is -1.15. The van der Waals surface area contributed by atoms with Crippen LogP contribution in [0, 0.1) is 5.41 Å². The maximum atomic E-state index is 11.6. The minimum absolute atomic E-state index is 0.400. The summed E-state index contributed by atoms with van der Waals surface area (Å²) in [6.07, 6.45) is 1.55. The number of nitrogens with zero attached hydrogens (tertiary/aromatic N) is 1. The summed E-state index contributed by atoms with van der Waals surface area (Å²) in [5.74, 6) is -1.07. The number of carbonyl (C=O) groups excluding carboxylic acids is 1. The highest BCUT2D eigenvalue weighted by molar-refractivity contribution is 9.11. The van der Waals surface area contributed by atoms with Crippen LogP contribution >= 0.6 is 27.3 Å². The number of hydrogen-bond donors (Lipinski definition) is 3. The van der Waals surface area contributed by atoms with Gasteiger partial charge in [-0.3, -0.25) is 5.32 Å². The highest BCUT2D eigenvalue weighted by Crippen LogP contribution is 2.23.